The van der Waals surface area contributed by atoms with Gasteiger partial charge in [0.25, 0.3) is 5.91 Å². The molecule has 0 radical (unpaired) electrons. The van der Waals surface area contributed by atoms with E-state index in [0.717, 1.165) is 5.56 Å². The number of carbonyl (C=O) groups is 2. The van der Waals surface area contributed by atoms with Crippen LogP contribution in [0.4, 0.5) is 10.1 Å². The Balaban J connectivity index is 1.70. The molecular formula is C21H25FN4O2S. The van der Waals surface area contributed by atoms with Crippen molar-refractivity contribution in [3.05, 3.63) is 65.5 Å². The number of nitrogens with one attached hydrogen (secondary N) is 4. The molecule has 0 unspecified atom stereocenters. The molecule has 29 heavy (non-hydrogen) atoms. The van der Waals surface area contributed by atoms with Gasteiger partial charge in [-0.05, 0) is 47.5 Å². The molecule has 4 N–H and O–H groups in total. The maximum Gasteiger partial charge on any atom is 0.251 e. The van der Waals surface area contributed by atoms with Crippen molar-refractivity contribution in [3.63, 3.8) is 0 Å². The van der Waals surface area contributed by atoms with E-state index >= 15 is 0 Å². The van der Waals surface area contributed by atoms with Crippen LogP contribution in [-0.2, 0) is 10.2 Å². The van der Waals surface area contributed by atoms with E-state index in [4.69, 9.17) is 12.2 Å². The average molecular weight is 417 g/mol. The van der Waals surface area contributed by atoms with E-state index in [0.29, 0.717) is 5.56 Å². The molecular weight excluding hydrogens is 391 g/mol. The van der Waals surface area contributed by atoms with Crippen LogP contribution in [0, 0.1) is 5.82 Å². The first kappa shape index (κ1) is 22.3. The summed E-state index contributed by atoms with van der Waals surface area (Å²) in [6.07, 6.45) is 0.0567. The smallest absolute Gasteiger partial charge is 0.251 e. The molecule has 2 amide bonds. The molecule has 6 nitrogen and oxygen atoms in total. The zero-order valence-electron chi connectivity index (χ0n) is 16.6. The van der Waals surface area contributed by atoms with Crippen molar-refractivity contribution in [3.8, 4) is 0 Å². The van der Waals surface area contributed by atoms with Gasteiger partial charge in [-0.15, -0.1) is 0 Å². The maximum absolute atomic E-state index is 13.5. The van der Waals surface area contributed by atoms with Crippen molar-refractivity contribution in [2.24, 2.45) is 0 Å². The van der Waals surface area contributed by atoms with Crippen LogP contribution in [0.15, 0.2) is 48.5 Å². The first-order chi connectivity index (χ1) is 13.7. The molecule has 0 saturated heterocycles. The highest BCUT2D eigenvalue weighted by Gasteiger charge is 2.14. The van der Waals surface area contributed by atoms with Gasteiger partial charge < -0.3 is 10.6 Å². The van der Waals surface area contributed by atoms with Gasteiger partial charge in [-0.3, -0.25) is 20.4 Å². The summed E-state index contributed by atoms with van der Waals surface area (Å²) < 4.78 is 13.5. The summed E-state index contributed by atoms with van der Waals surface area (Å²) in [6.45, 7) is 6.48. The highest BCUT2D eigenvalue weighted by Crippen LogP contribution is 2.22. The van der Waals surface area contributed by atoms with E-state index in [2.05, 4.69) is 42.3 Å². The zero-order chi connectivity index (χ0) is 21.4. The van der Waals surface area contributed by atoms with Crippen molar-refractivity contribution in [1.29, 1.82) is 0 Å². The monoisotopic (exact) mass is 416 g/mol. The fourth-order valence-electron chi connectivity index (χ4n) is 2.42. The van der Waals surface area contributed by atoms with Gasteiger partial charge in [-0.1, -0.05) is 45.0 Å². The van der Waals surface area contributed by atoms with Crippen LogP contribution >= 0.6 is 12.2 Å². The Morgan fingerprint density at radius 2 is 1.66 bits per heavy atom. The lowest BCUT2D eigenvalue weighted by atomic mass is 9.87. The molecule has 154 valence electrons. The fraction of sp³-hybridized carbons (Fsp3) is 0.286. The van der Waals surface area contributed by atoms with Gasteiger partial charge in [0.2, 0.25) is 5.91 Å². The minimum Gasteiger partial charge on any atom is -0.352 e. The van der Waals surface area contributed by atoms with Crippen LogP contribution in [-0.4, -0.2) is 23.5 Å². The fourth-order valence-corrected chi connectivity index (χ4v) is 2.58. The lowest BCUT2D eigenvalue weighted by Crippen LogP contribution is -2.44. The van der Waals surface area contributed by atoms with Gasteiger partial charge >= 0.3 is 0 Å². The average Bonchev–Trinajstić information content (AvgIpc) is 2.67. The molecule has 2 aromatic carbocycles. The summed E-state index contributed by atoms with van der Waals surface area (Å²) in [5.74, 6) is -1.07. The van der Waals surface area contributed by atoms with Crippen LogP contribution in [0.2, 0.25) is 0 Å². The molecule has 0 aliphatic rings. The molecule has 0 atom stereocenters. The second-order valence-corrected chi connectivity index (χ2v) is 7.85. The Kier molecular flexibility index (Phi) is 7.67. The topological polar surface area (TPSA) is 82.3 Å². The second-order valence-electron chi connectivity index (χ2n) is 7.44. The number of hydrogen-bond donors (Lipinski definition) is 4. The third kappa shape index (κ3) is 7.15. The van der Waals surface area contributed by atoms with Crippen LogP contribution in [0.3, 0.4) is 0 Å². The Bertz CT molecular complexity index is 879. The molecule has 0 heterocycles. The minimum atomic E-state index is -0.457. The standard InChI is InChI=1S/C21H25FN4O2S/c1-21(2,3)15-10-8-14(9-11-15)19(28)23-13-12-18(27)25-26-20(29)24-17-7-5-4-6-16(17)22/h4-11H,12-13H2,1-3H3,(H,23,28)(H,25,27)(H2,24,26,29). The number of rotatable bonds is 5. The molecule has 0 aliphatic carbocycles. The quantitative estimate of drug-likeness (QED) is 0.444. The number of carbonyl (C=O) groups excluding carboxylic acids is 2. The summed E-state index contributed by atoms with van der Waals surface area (Å²) in [4.78, 5) is 24.0. The largest absolute Gasteiger partial charge is 0.352 e. The first-order valence-corrected chi connectivity index (χ1v) is 9.57. The van der Waals surface area contributed by atoms with E-state index in [1.807, 2.05) is 12.1 Å². The first-order valence-electron chi connectivity index (χ1n) is 9.16. The summed E-state index contributed by atoms with van der Waals surface area (Å²) in [6, 6.07) is 13.4. The van der Waals surface area contributed by atoms with Gasteiger partial charge in [0, 0.05) is 18.5 Å². The second kappa shape index (κ2) is 9.97. The summed E-state index contributed by atoms with van der Waals surface area (Å²) in [7, 11) is 0. The van der Waals surface area contributed by atoms with Gasteiger partial charge in [0.05, 0.1) is 5.69 Å². The van der Waals surface area contributed by atoms with Crippen molar-refractivity contribution in [2.45, 2.75) is 32.6 Å². The molecule has 8 heteroatoms. The zero-order valence-corrected chi connectivity index (χ0v) is 17.5. The molecule has 0 aliphatic heterocycles. The third-order valence-electron chi connectivity index (χ3n) is 4.09. The summed E-state index contributed by atoms with van der Waals surface area (Å²) in [5.41, 5.74) is 6.77. The van der Waals surface area contributed by atoms with Crippen molar-refractivity contribution < 1.29 is 14.0 Å². The predicted molar refractivity (Wildman–Crippen MR) is 116 cm³/mol. The van der Waals surface area contributed by atoms with Crippen LogP contribution in [0.25, 0.3) is 0 Å². The van der Waals surface area contributed by atoms with E-state index in [-0.39, 0.29) is 41.0 Å². The number of hydrazine groups is 1. The SMILES string of the molecule is CC(C)(C)c1ccc(C(=O)NCCC(=O)NNC(=S)Nc2ccccc2F)cc1. The number of halogens is 1. The molecule has 2 aromatic rings. The maximum atomic E-state index is 13.5. The van der Waals surface area contributed by atoms with Crippen molar-refractivity contribution in [1.82, 2.24) is 16.2 Å². The van der Waals surface area contributed by atoms with Crippen LogP contribution in [0.1, 0.15) is 43.1 Å². The van der Waals surface area contributed by atoms with Crippen LogP contribution < -0.4 is 21.5 Å². The molecule has 0 bridgehead atoms. The van der Waals surface area contributed by atoms with E-state index < -0.39 is 5.82 Å². The van der Waals surface area contributed by atoms with Gasteiger partial charge in [0.15, 0.2) is 5.11 Å². The molecule has 0 saturated carbocycles. The lowest BCUT2D eigenvalue weighted by molar-refractivity contribution is -0.121. The highest BCUT2D eigenvalue weighted by molar-refractivity contribution is 7.80. The third-order valence-corrected chi connectivity index (χ3v) is 4.29. The summed E-state index contributed by atoms with van der Waals surface area (Å²) in [5, 5.41) is 5.38. The van der Waals surface area contributed by atoms with Gasteiger partial charge in [0.1, 0.15) is 5.82 Å². The summed E-state index contributed by atoms with van der Waals surface area (Å²) >= 11 is 5.00. The van der Waals surface area contributed by atoms with Gasteiger partial charge in [-0.2, -0.15) is 0 Å². The Labute approximate surface area is 175 Å². The van der Waals surface area contributed by atoms with Crippen molar-refractivity contribution >= 4 is 34.8 Å². The van der Waals surface area contributed by atoms with E-state index in [9.17, 15) is 14.0 Å². The number of benzene rings is 2. The van der Waals surface area contributed by atoms with E-state index in [1.165, 1.54) is 12.1 Å². The molecule has 0 fully saturated rings. The Hall–Kier alpha value is -3.00. The molecule has 0 spiro atoms. The highest BCUT2D eigenvalue weighted by atomic mass is 32.1. The van der Waals surface area contributed by atoms with Gasteiger partial charge in [-0.25, -0.2) is 4.39 Å². The number of para-hydroxylation sites is 1. The number of thiocarbonyl (C=S) groups is 1. The minimum absolute atomic E-state index is 0.0157. The predicted octanol–water partition coefficient (Wildman–Crippen LogP) is 3.26. The lowest BCUT2D eigenvalue weighted by Gasteiger charge is -2.19. The van der Waals surface area contributed by atoms with Crippen LogP contribution in [0.5, 0.6) is 0 Å². The normalized spacial score (nSPS) is 10.8. The van der Waals surface area contributed by atoms with E-state index in [1.54, 1.807) is 24.3 Å². The van der Waals surface area contributed by atoms with Crippen molar-refractivity contribution in [2.75, 3.05) is 11.9 Å². The Morgan fingerprint density at radius 1 is 1.00 bits per heavy atom. The molecule has 2 rings (SSSR count). The Morgan fingerprint density at radius 3 is 2.28 bits per heavy atom. The number of amides is 2. The molecule has 0 aromatic heterocycles. The number of anilines is 1. The number of hydrogen-bond acceptors (Lipinski definition) is 3.